The van der Waals surface area contributed by atoms with Gasteiger partial charge in [0.2, 0.25) is 0 Å². The first-order valence-corrected chi connectivity index (χ1v) is 6.75. The Hall–Kier alpha value is -0.490. The van der Waals surface area contributed by atoms with Gasteiger partial charge < -0.3 is 4.74 Å². The van der Waals surface area contributed by atoms with Crippen molar-refractivity contribution in [2.45, 2.75) is 31.1 Å². The molecular weight excluding hydrogens is 351 g/mol. The van der Waals surface area contributed by atoms with Gasteiger partial charge in [-0.25, -0.2) is 8.78 Å². The monoisotopic (exact) mass is 362 g/mol. The van der Waals surface area contributed by atoms with E-state index >= 15 is 0 Å². The van der Waals surface area contributed by atoms with E-state index in [1.54, 1.807) is 0 Å². The van der Waals surface area contributed by atoms with Crippen molar-refractivity contribution in [3.63, 3.8) is 0 Å². The first kappa shape index (κ1) is 16.6. The SMILES string of the molecule is CCCOc1ccc(C(Cl)C(F)(F)C(F)F)cc1Br. The lowest BCUT2D eigenvalue weighted by atomic mass is 10.1. The molecular formula is C12H12BrClF4O. The molecule has 1 unspecified atom stereocenters. The van der Waals surface area contributed by atoms with Crippen LogP contribution in [0.2, 0.25) is 0 Å². The number of hydrogen-bond donors (Lipinski definition) is 0. The Labute approximate surface area is 122 Å². The summed E-state index contributed by atoms with van der Waals surface area (Å²) in [7, 11) is 0. The van der Waals surface area contributed by atoms with Gasteiger partial charge in [-0.05, 0) is 40.0 Å². The maximum atomic E-state index is 13.1. The van der Waals surface area contributed by atoms with Crippen molar-refractivity contribution >= 4 is 27.5 Å². The summed E-state index contributed by atoms with van der Waals surface area (Å²) in [6.07, 6.45) is -3.03. The molecule has 0 heterocycles. The molecule has 1 nitrogen and oxygen atoms in total. The highest BCUT2D eigenvalue weighted by atomic mass is 79.9. The van der Waals surface area contributed by atoms with Gasteiger partial charge in [0.05, 0.1) is 11.1 Å². The molecule has 0 aliphatic carbocycles. The number of rotatable bonds is 6. The van der Waals surface area contributed by atoms with Crippen LogP contribution in [0.25, 0.3) is 0 Å². The largest absolute Gasteiger partial charge is 0.492 e. The minimum Gasteiger partial charge on any atom is -0.492 e. The third-order valence-corrected chi connectivity index (χ3v) is 3.50. The minimum atomic E-state index is -4.28. The summed E-state index contributed by atoms with van der Waals surface area (Å²) < 4.78 is 56.4. The van der Waals surface area contributed by atoms with E-state index in [4.69, 9.17) is 16.3 Å². The highest BCUT2D eigenvalue weighted by Gasteiger charge is 2.48. The average Bonchev–Trinajstić information content (AvgIpc) is 2.36. The molecule has 0 amide bonds. The zero-order valence-corrected chi connectivity index (χ0v) is 12.3. The normalized spacial score (nSPS) is 13.7. The van der Waals surface area contributed by atoms with Crippen LogP contribution in [-0.4, -0.2) is 19.0 Å². The van der Waals surface area contributed by atoms with Crippen LogP contribution >= 0.6 is 27.5 Å². The van der Waals surface area contributed by atoms with E-state index in [-0.39, 0.29) is 5.56 Å². The van der Waals surface area contributed by atoms with Crippen molar-refractivity contribution < 1.29 is 22.3 Å². The Morgan fingerprint density at radius 3 is 2.47 bits per heavy atom. The van der Waals surface area contributed by atoms with Crippen LogP contribution in [0, 0.1) is 0 Å². The Morgan fingerprint density at radius 1 is 1.37 bits per heavy atom. The fourth-order valence-electron chi connectivity index (χ4n) is 1.34. The molecule has 1 aromatic carbocycles. The molecule has 0 fully saturated rings. The summed E-state index contributed by atoms with van der Waals surface area (Å²) in [5, 5.41) is -2.09. The maximum Gasteiger partial charge on any atom is 0.327 e. The second-order valence-corrected chi connectivity index (χ2v) is 5.17. The van der Waals surface area contributed by atoms with Gasteiger partial charge in [-0.3, -0.25) is 0 Å². The van der Waals surface area contributed by atoms with Crippen LogP contribution < -0.4 is 4.74 Å². The third kappa shape index (κ3) is 3.99. The molecule has 7 heteroatoms. The van der Waals surface area contributed by atoms with E-state index in [1.807, 2.05) is 6.92 Å². The van der Waals surface area contributed by atoms with E-state index in [0.717, 1.165) is 6.42 Å². The number of alkyl halides is 5. The standard InChI is InChI=1S/C12H12BrClF4O/c1-2-5-19-9-4-3-7(6-8(9)13)10(14)12(17,18)11(15)16/h3-4,6,10-11H,2,5H2,1H3. The van der Waals surface area contributed by atoms with E-state index in [9.17, 15) is 17.6 Å². The Kier molecular flexibility index (Phi) is 5.92. The van der Waals surface area contributed by atoms with E-state index in [2.05, 4.69) is 15.9 Å². The van der Waals surface area contributed by atoms with Crippen molar-refractivity contribution in [1.29, 1.82) is 0 Å². The fraction of sp³-hybridized carbons (Fsp3) is 0.500. The molecule has 0 saturated carbocycles. The van der Waals surface area contributed by atoms with Gasteiger partial charge in [-0.15, -0.1) is 11.6 Å². The Morgan fingerprint density at radius 2 is 2.00 bits per heavy atom. The van der Waals surface area contributed by atoms with Gasteiger partial charge in [0.15, 0.2) is 0 Å². The second-order valence-electron chi connectivity index (χ2n) is 3.88. The van der Waals surface area contributed by atoms with Crippen LogP contribution in [0.15, 0.2) is 22.7 Å². The third-order valence-electron chi connectivity index (χ3n) is 2.34. The molecule has 0 aliphatic heterocycles. The van der Waals surface area contributed by atoms with E-state index < -0.39 is 17.7 Å². The quantitative estimate of drug-likeness (QED) is 0.484. The van der Waals surface area contributed by atoms with Crippen LogP contribution in [0.3, 0.4) is 0 Å². The Balaban J connectivity index is 2.94. The highest BCUT2D eigenvalue weighted by Crippen LogP contribution is 2.42. The lowest BCUT2D eigenvalue weighted by molar-refractivity contribution is -0.130. The van der Waals surface area contributed by atoms with Crippen LogP contribution in [0.5, 0.6) is 5.75 Å². The molecule has 1 atom stereocenters. The zero-order valence-electron chi connectivity index (χ0n) is 9.98. The van der Waals surface area contributed by atoms with Crippen molar-refractivity contribution in [3.05, 3.63) is 28.2 Å². The van der Waals surface area contributed by atoms with Gasteiger partial charge in [0, 0.05) is 0 Å². The van der Waals surface area contributed by atoms with Crippen LogP contribution in [0.1, 0.15) is 24.3 Å². The smallest absolute Gasteiger partial charge is 0.327 e. The summed E-state index contributed by atoms with van der Waals surface area (Å²) in [6.45, 7) is 2.38. The zero-order chi connectivity index (χ0) is 14.6. The number of halogens is 6. The summed E-state index contributed by atoms with van der Waals surface area (Å²) >= 11 is 8.56. The summed E-state index contributed by atoms with van der Waals surface area (Å²) in [4.78, 5) is 0. The lowest BCUT2D eigenvalue weighted by Crippen LogP contribution is -2.31. The highest BCUT2D eigenvalue weighted by molar-refractivity contribution is 9.10. The molecule has 1 rings (SSSR count). The molecule has 0 bridgehead atoms. The topological polar surface area (TPSA) is 9.23 Å². The predicted octanol–water partition coefficient (Wildman–Crippen LogP) is 5.42. The van der Waals surface area contributed by atoms with E-state index in [1.165, 1.54) is 18.2 Å². The van der Waals surface area contributed by atoms with E-state index in [0.29, 0.717) is 16.8 Å². The molecule has 0 N–H and O–H groups in total. The van der Waals surface area contributed by atoms with Crippen molar-refractivity contribution in [1.82, 2.24) is 0 Å². The van der Waals surface area contributed by atoms with Gasteiger partial charge in [0.25, 0.3) is 0 Å². The predicted molar refractivity (Wildman–Crippen MR) is 69.5 cm³/mol. The number of benzene rings is 1. The van der Waals surface area contributed by atoms with Gasteiger partial charge in [-0.1, -0.05) is 13.0 Å². The van der Waals surface area contributed by atoms with Crippen LogP contribution in [0.4, 0.5) is 17.6 Å². The van der Waals surface area contributed by atoms with Gasteiger partial charge in [-0.2, -0.15) is 8.78 Å². The van der Waals surface area contributed by atoms with Crippen molar-refractivity contribution in [2.24, 2.45) is 0 Å². The van der Waals surface area contributed by atoms with Gasteiger partial charge in [0.1, 0.15) is 11.1 Å². The molecule has 0 saturated heterocycles. The molecule has 0 spiro atoms. The number of hydrogen-bond acceptors (Lipinski definition) is 1. The average molecular weight is 364 g/mol. The number of ether oxygens (including phenoxy) is 1. The summed E-state index contributed by atoms with van der Waals surface area (Å²) in [5.41, 5.74) is -0.0947. The fourth-order valence-corrected chi connectivity index (χ4v) is 2.08. The van der Waals surface area contributed by atoms with Crippen molar-refractivity contribution in [3.8, 4) is 5.75 Å². The molecule has 19 heavy (non-hydrogen) atoms. The summed E-state index contributed by atoms with van der Waals surface area (Å²) in [6, 6.07) is 3.94. The van der Waals surface area contributed by atoms with Crippen LogP contribution in [-0.2, 0) is 0 Å². The molecule has 108 valence electrons. The molecule has 0 radical (unpaired) electrons. The van der Waals surface area contributed by atoms with Crippen molar-refractivity contribution in [2.75, 3.05) is 6.61 Å². The maximum absolute atomic E-state index is 13.1. The molecule has 1 aromatic rings. The lowest BCUT2D eigenvalue weighted by Gasteiger charge is -2.21. The first-order chi connectivity index (χ1) is 8.80. The first-order valence-electron chi connectivity index (χ1n) is 5.53. The molecule has 0 aromatic heterocycles. The summed E-state index contributed by atoms with van der Waals surface area (Å²) in [5.74, 6) is -3.83. The van der Waals surface area contributed by atoms with Gasteiger partial charge >= 0.3 is 12.3 Å². The Bertz CT molecular complexity index is 428. The molecule has 0 aliphatic rings. The second kappa shape index (κ2) is 6.79. The minimum absolute atomic E-state index is 0.0947.